The van der Waals surface area contributed by atoms with E-state index in [1.807, 2.05) is 43.0 Å². The van der Waals surface area contributed by atoms with Crippen LogP contribution < -0.4 is 5.32 Å². The Morgan fingerprint density at radius 2 is 2.08 bits per heavy atom. The van der Waals surface area contributed by atoms with Gasteiger partial charge in [0.05, 0.1) is 11.7 Å². The van der Waals surface area contributed by atoms with E-state index in [1.165, 1.54) is 6.08 Å². The molecule has 3 heterocycles. The second-order valence-electron chi connectivity index (χ2n) is 6.26. The molecule has 1 amide bonds. The van der Waals surface area contributed by atoms with Gasteiger partial charge in [-0.3, -0.25) is 4.79 Å². The molecule has 1 atom stereocenters. The second kappa shape index (κ2) is 7.42. The molecule has 0 bridgehead atoms. The normalized spacial score (nSPS) is 17.2. The van der Waals surface area contributed by atoms with Crippen LogP contribution in [-0.4, -0.2) is 32.3 Å². The number of pyridine rings is 1. The summed E-state index contributed by atoms with van der Waals surface area (Å²) in [5.74, 6) is 2.06. The number of anilines is 2. The average molecular weight is 337 g/mol. The van der Waals surface area contributed by atoms with E-state index in [2.05, 4.69) is 26.8 Å². The third kappa shape index (κ3) is 4.02. The van der Waals surface area contributed by atoms with E-state index in [0.29, 0.717) is 11.6 Å². The summed E-state index contributed by atoms with van der Waals surface area (Å²) < 4.78 is 0. The molecule has 2 aromatic rings. The van der Waals surface area contributed by atoms with Crippen LogP contribution in [0.4, 0.5) is 11.6 Å². The summed E-state index contributed by atoms with van der Waals surface area (Å²) in [7, 11) is 0. The summed E-state index contributed by atoms with van der Waals surface area (Å²) in [5.41, 5.74) is 1.79. The van der Waals surface area contributed by atoms with Gasteiger partial charge in [0.1, 0.15) is 17.5 Å². The van der Waals surface area contributed by atoms with E-state index < -0.39 is 0 Å². The third-order valence-corrected chi connectivity index (χ3v) is 4.30. The van der Waals surface area contributed by atoms with Crippen LogP contribution in [0.2, 0.25) is 0 Å². The minimum atomic E-state index is -0.0455. The zero-order chi connectivity index (χ0) is 17.8. The number of hydrogen-bond acceptors (Lipinski definition) is 5. The second-order valence-corrected chi connectivity index (χ2v) is 6.26. The molecule has 0 saturated carbocycles. The maximum absolute atomic E-state index is 12.2. The average Bonchev–Trinajstić information content (AvgIpc) is 2.60. The Labute approximate surface area is 148 Å². The van der Waals surface area contributed by atoms with E-state index in [0.717, 1.165) is 43.0 Å². The van der Waals surface area contributed by atoms with E-state index in [9.17, 15) is 4.79 Å². The molecule has 3 rings (SSSR count). The van der Waals surface area contributed by atoms with Gasteiger partial charge < -0.3 is 10.2 Å². The number of amides is 1. The topological polar surface area (TPSA) is 71.0 Å². The van der Waals surface area contributed by atoms with Crippen molar-refractivity contribution in [3.63, 3.8) is 0 Å². The number of piperidine rings is 1. The van der Waals surface area contributed by atoms with Gasteiger partial charge in [-0.25, -0.2) is 15.0 Å². The monoisotopic (exact) mass is 337 g/mol. The van der Waals surface area contributed by atoms with Gasteiger partial charge in [0.25, 0.3) is 0 Å². The molecule has 0 aliphatic carbocycles. The highest BCUT2D eigenvalue weighted by atomic mass is 16.2. The Balaban J connectivity index is 1.90. The predicted octanol–water partition coefficient (Wildman–Crippen LogP) is 3.47. The van der Waals surface area contributed by atoms with Gasteiger partial charge in [-0.15, -0.1) is 0 Å². The van der Waals surface area contributed by atoms with Crippen LogP contribution in [0.3, 0.4) is 0 Å². The van der Waals surface area contributed by atoms with Crippen molar-refractivity contribution >= 4 is 17.5 Å². The summed E-state index contributed by atoms with van der Waals surface area (Å²) in [6.45, 7) is 8.16. The standard InChI is InChI=1S/C19H23N5O/c1-4-19(25)24-11-6-5-9-16(24)15-12-18(22-14(3)21-15)23-17-10-7-8-13(2)20-17/h4,7-8,10,12,16H,1,5-6,9,11H2,2-3H3,(H,20,21,22,23)/t16-/m1/s1. The fourth-order valence-corrected chi connectivity index (χ4v) is 3.19. The lowest BCUT2D eigenvalue weighted by molar-refractivity contribution is -0.129. The molecule has 2 aromatic heterocycles. The number of carbonyl (C=O) groups is 1. The number of likely N-dealkylation sites (tertiary alicyclic amines) is 1. The largest absolute Gasteiger partial charge is 0.331 e. The van der Waals surface area contributed by atoms with Crippen molar-refractivity contribution in [3.8, 4) is 0 Å². The summed E-state index contributed by atoms with van der Waals surface area (Å²) in [5, 5.41) is 3.24. The van der Waals surface area contributed by atoms with Gasteiger partial charge in [0.2, 0.25) is 5.91 Å². The molecule has 1 saturated heterocycles. The molecule has 6 heteroatoms. The molecular formula is C19H23N5O. The van der Waals surface area contributed by atoms with Crippen LogP contribution in [0.1, 0.15) is 42.5 Å². The molecule has 1 fully saturated rings. The van der Waals surface area contributed by atoms with Crippen LogP contribution in [0, 0.1) is 13.8 Å². The van der Waals surface area contributed by atoms with Crippen molar-refractivity contribution < 1.29 is 4.79 Å². The quantitative estimate of drug-likeness (QED) is 0.865. The predicted molar refractivity (Wildman–Crippen MR) is 97.5 cm³/mol. The fourth-order valence-electron chi connectivity index (χ4n) is 3.19. The van der Waals surface area contributed by atoms with Gasteiger partial charge in [0.15, 0.2) is 0 Å². The van der Waals surface area contributed by atoms with Gasteiger partial charge in [-0.2, -0.15) is 0 Å². The molecule has 0 unspecified atom stereocenters. The van der Waals surface area contributed by atoms with Crippen LogP contribution in [0.25, 0.3) is 0 Å². The van der Waals surface area contributed by atoms with Crippen molar-refractivity contribution in [2.75, 3.05) is 11.9 Å². The van der Waals surface area contributed by atoms with Crippen molar-refractivity contribution in [1.82, 2.24) is 19.9 Å². The number of nitrogens with zero attached hydrogens (tertiary/aromatic N) is 4. The van der Waals surface area contributed by atoms with Crippen molar-refractivity contribution in [2.45, 2.75) is 39.2 Å². The molecule has 1 N–H and O–H groups in total. The number of rotatable bonds is 4. The highest BCUT2D eigenvalue weighted by Crippen LogP contribution is 2.31. The van der Waals surface area contributed by atoms with Crippen LogP contribution in [-0.2, 0) is 4.79 Å². The van der Waals surface area contributed by atoms with Gasteiger partial charge >= 0.3 is 0 Å². The Morgan fingerprint density at radius 3 is 2.84 bits per heavy atom. The molecule has 25 heavy (non-hydrogen) atoms. The number of aromatic nitrogens is 3. The first-order chi connectivity index (χ1) is 12.1. The zero-order valence-electron chi connectivity index (χ0n) is 14.7. The number of nitrogens with one attached hydrogen (secondary N) is 1. The van der Waals surface area contributed by atoms with Gasteiger partial charge in [0, 0.05) is 18.3 Å². The lowest BCUT2D eigenvalue weighted by Crippen LogP contribution is -2.38. The summed E-state index contributed by atoms with van der Waals surface area (Å²) in [6, 6.07) is 7.68. The zero-order valence-corrected chi connectivity index (χ0v) is 14.7. The molecule has 0 radical (unpaired) electrons. The minimum Gasteiger partial charge on any atom is -0.331 e. The Kier molecular flexibility index (Phi) is 5.07. The van der Waals surface area contributed by atoms with Crippen LogP contribution in [0.15, 0.2) is 36.9 Å². The number of aryl methyl sites for hydroxylation is 2. The van der Waals surface area contributed by atoms with E-state index >= 15 is 0 Å². The molecule has 0 aromatic carbocycles. The van der Waals surface area contributed by atoms with E-state index in [-0.39, 0.29) is 11.9 Å². The lowest BCUT2D eigenvalue weighted by atomic mass is 9.98. The van der Waals surface area contributed by atoms with E-state index in [1.54, 1.807) is 0 Å². The van der Waals surface area contributed by atoms with Crippen molar-refractivity contribution in [1.29, 1.82) is 0 Å². The Hall–Kier alpha value is -2.76. The maximum Gasteiger partial charge on any atom is 0.246 e. The van der Waals surface area contributed by atoms with Crippen molar-refractivity contribution in [3.05, 3.63) is 54.1 Å². The Morgan fingerprint density at radius 1 is 1.24 bits per heavy atom. The number of carbonyl (C=O) groups excluding carboxylic acids is 1. The summed E-state index contributed by atoms with van der Waals surface area (Å²) in [4.78, 5) is 27.5. The maximum atomic E-state index is 12.2. The highest BCUT2D eigenvalue weighted by Gasteiger charge is 2.28. The molecular weight excluding hydrogens is 314 g/mol. The Bertz CT molecular complexity index is 789. The molecule has 6 nitrogen and oxygen atoms in total. The van der Waals surface area contributed by atoms with Gasteiger partial charge in [-0.05, 0) is 51.3 Å². The lowest BCUT2D eigenvalue weighted by Gasteiger charge is -2.34. The van der Waals surface area contributed by atoms with E-state index in [4.69, 9.17) is 0 Å². The first kappa shape index (κ1) is 17.1. The molecule has 1 aliphatic rings. The third-order valence-electron chi connectivity index (χ3n) is 4.30. The van der Waals surface area contributed by atoms with Crippen molar-refractivity contribution in [2.24, 2.45) is 0 Å². The first-order valence-electron chi connectivity index (χ1n) is 8.56. The highest BCUT2D eigenvalue weighted by molar-refractivity contribution is 5.87. The first-order valence-corrected chi connectivity index (χ1v) is 8.56. The minimum absolute atomic E-state index is 0.0352. The van der Waals surface area contributed by atoms with Crippen LogP contribution in [0.5, 0.6) is 0 Å². The number of hydrogen-bond donors (Lipinski definition) is 1. The fraction of sp³-hybridized carbons (Fsp3) is 0.368. The molecule has 0 spiro atoms. The smallest absolute Gasteiger partial charge is 0.246 e. The molecule has 130 valence electrons. The molecule has 1 aliphatic heterocycles. The van der Waals surface area contributed by atoms with Gasteiger partial charge in [-0.1, -0.05) is 12.6 Å². The SMILES string of the molecule is C=CC(=O)N1CCCC[C@@H]1c1cc(Nc2cccc(C)n2)nc(C)n1. The summed E-state index contributed by atoms with van der Waals surface area (Å²) in [6.07, 6.45) is 4.37. The van der Waals surface area contributed by atoms with Crippen LogP contribution >= 0.6 is 0 Å². The summed E-state index contributed by atoms with van der Waals surface area (Å²) >= 11 is 0.